The van der Waals surface area contributed by atoms with Crippen molar-refractivity contribution >= 4 is 54.3 Å². The molecule has 0 unspecified atom stereocenters. The van der Waals surface area contributed by atoms with Crippen molar-refractivity contribution in [2.24, 2.45) is 0 Å². The molecule has 0 aliphatic rings. The molecule has 10 rings (SSSR count). The fourth-order valence-corrected chi connectivity index (χ4v) is 6.24. The molecule has 0 N–H and O–H groups in total. The summed E-state index contributed by atoms with van der Waals surface area (Å²) in [5.74, 6) is 0. The predicted octanol–water partition coefficient (Wildman–Crippen LogP) is 13.7. The summed E-state index contributed by atoms with van der Waals surface area (Å²) >= 11 is 0. The average molecular weight is 645 g/mol. The molecule has 228 valence electrons. The number of fused-ring (bicyclic) bond motifs is 6. The minimum Gasteiger partial charge on any atom is -0.456 e. The zero-order valence-electron chi connectivity index (χ0n) is 47.0. The summed E-state index contributed by atoms with van der Waals surface area (Å²) in [5, 5.41) is -0.122. The number of rotatable bonds is 4. The summed E-state index contributed by atoms with van der Waals surface area (Å²) in [5.41, 5.74) is -3.42. The van der Waals surface area contributed by atoms with Gasteiger partial charge in [0.25, 0.3) is 0 Å². The summed E-state index contributed by atoms with van der Waals surface area (Å²) < 4.78 is 202. The molecule has 0 aliphatic carbocycles. The molecule has 0 spiro atoms. The second kappa shape index (κ2) is 11.1. The van der Waals surface area contributed by atoms with Crippen molar-refractivity contribution in [1.82, 2.24) is 0 Å². The van der Waals surface area contributed by atoms with Crippen molar-refractivity contribution in [3.8, 4) is 44.5 Å². The molecule has 0 atom stereocenters. The van der Waals surface area contributed by atoms with Gasteiger partial charge in [-0.1, -0.05) is 139 Å². The number of hydrogen-bond acceptors (Lipinski definition) is 1. The summed E-state index contributed by atoms with van der Waals surface area (Å²) in [4.78, 5) is 0. The SMILES string of the molecule is [2H]c1c([2H])c([2H])c(-c2c([2H])c(-c3c([2H])c([2H])c([2H])c([2H])c3[2H])c([2H])c(-c3c4ccccc4c(-c4c([2H])c([2H])c5c(oc6c([2H])c7c([2H])c([2H])c([2H])c([2H])c7c([2H])c65)c4[2H])c4ccccc34)c2[2H])c([2H])c1[2H]. The molecule has 0 saturated carbocycles. The smallest absolute Gasteiger partial charge is 0.136 e. The van der Waals surface area contributed by atoms with Crippen LogP contribution < -0.4 is 0 Å². The first-order chi connectivity index (χ1) is 33.5. The van der Waals surface area contributed by atoms with Gasteiger partial charge in [-0.3, -0.25) is 0 Å². The molecule has 1 heterocycles. The fourth-order valence-electron chi connectivity index (χ4n) is 6.24. The Hall–Kier alpha value is -6.44. The summed E-state index contributed by atoms with van der Waals surface area (Å²) in [7, 11) is 0. The lowest BCUT2D eigenvalue weighted by molar-refractivity contribution is 0.669. The Morgan fingerprint density at radius 1 is 0.327 bits per heavy atom. The molecule has 49 heavy (non-hydrogen) atoms. The lowest BCUT2D eigenvalue weighted by atomic mass is 9.84. The van der Waals surface area contributed by atoms with Gasteiger partial charge >= 0.3 is 0 Å². The zero-order chi connectivity index (χ0) is 51.5. The first-order valence-corrected chi connectivity index (χ1v) is 15.1. The lowest BCUT2D eigenvalue weighted by Gasteiger charge is -2.19. The van der Waals surface area contributed by atoms with Crippen LogP contribution in [0.25, 0.3) is 98.8 Å². The van der Waals surface area contributed by atoms with E-state index in [-0.39, 0.29) is 76.5 Å². The Bertz CT molecular complexity index is 3930. The third-order valence-corrected chi connectivity index (χ3v) is 8.32. The van der Waals surface area contributed by atoms with Gasteiger partial charge in [-0.25, -0.2) is 0 Å². The predicted molar refractivity (Wildman–Crippen MR) is 208 cm³/mol. The second-order valence-electron chi connectivity index (χ2n) is 11.1. The van der Waals surface area contributed by atoms with Crippen molar-refractivity contribution in [1.29, 1.82) is 0 Å². The van der Waals surface area contributed by atoms with E-state index in [1.807, 2.05) is 0 Å². The van der Waals surface area contributed by atoms with Gasteiger partial charge in [0.15, 0.2) is 0 Å². The lowest BCUT2D eigenvalue weighted by Crippen LogP contribution is -1.92. The standard InChI is InChI=1S/C48H30O/c1-3-13-31(14-4-1)36-25-37(32-15-5-2-6-16-32)27-38(26-36)48-42-21-11-9-19-40(42)47(41-20-10-12-22-43(41)48)35-23-24-39-44-28-33-17-7-8-18-34(33)29-46(44)49-45(39)30-35/h1-30H/i1D,2D,3D,4D,5D,6D,7D,8D,13D,14D,15D,16D,17D,18D,23D,24D,25D,26D,27D,28D,29D,30D. The molecule has 0 saturated heterocycles. The zero-order valence-corrected chi connectivity index (χ0v) is 25.0. The van der Waals surface area contributed by atoms with Crippen molar-refractivity contribution in [2.45, 2.75) is 0 Å². The van der Waals surface area contributed by atoms with Gasteiger partial charge < -0.3 is 4.42 Å². The normalized spacial score (nSPS) is 18.0. The Morgan fingerprint density at radius 2 is 0.796 bits per heavy atom. The van der Waals surface area contributed by atoms with E-state index in [0.29, 0.717) is 0 Å². The molecule has 0 bridgehead atoms. The minimum absolute atomic E-state index is 0.0652. The van der Waals surface area contributed by atoms with Crippen LogP contribution in [0, 0.1) is 0 Å². The molecule has 0 amide bonds. The van der Waals surface area contributed by atoms with Crippen molar-refractivity contribution in [3.05, 3.63) is 181 Å². The van der Waals surface area contributed by atoms with Crippen LogP contribution in [0.3, 0.4) is 0 Å². The Labute approximate surface area is 315 Å². The highest BCUT2D eigenvalue weighted by Gasteiger charge is 2.19. The van der Waals surface area contributed by atoms with Crippen molar-refractivity contribution in [3.63, 3.8) is 0 Å². The van der Waals surface area contributed by atoms with Crippen LogP contribution in [-0.2, 0) is 0 Å². The van der Waals surface area contributed by atoms with Crippen LogP contribution in [0.1, 0.15) is 30.2 Å². The molecule has 0 radical (unpaired) electrons. The quantitative estimate of drug-likeness (QED) is 0.174. The molecule has 0 aliphatic heterocycles. The van der Waals surface area contributed by atoms with E-state index in [4.69, 9.17) is 26.3 Å². The van der Waals surface area contributed by atoms with Gasteiger partial charge in [0, 0.05) is 10.8 Å². The molecular formula is C48H30O. The highest BCUT2D eigenvalue weighted by molar-refractivity contribution is 6.22. The minimum atomic E-state index is -0.830. The van der Waals surface area contributed by atoms with Crippen LogP contribution in [-0.4, -0.2) is 0 Å². The molecule has 1 nitrogen and oxygen atoms in total. The highest BCUT2D eigenvalue weighted by Crippen LogP contribution is 2.46. The van der Waals surface area contributed by atoms with Gasteiger partial charge in [0.05, 0.1) is 30.2 Å². The molecule has 10 aromatic rings. The van der Waals surface area contributed by atoms with Gasteiger partial charge in [-0.2, -0.15) is 0 Å². The van der Waals surface area contributed by atoms with Gasteiger partial charge in [-0.05, 0) is 119 Å². The summed E-state index contributed by atoms with van der Waals surface area (Å²) in [6.45, 7) is 0. The highest BCUT2D eigenvalue weighted by atomic mass is 16.3. The first-order valence-electron chi connectivity index (χ1n) is 26.1. The van der Waals surface area contributed by atoms with Crippen LogP contribution in [0.5, 0.6) is 0 Å². The van der Waals surface area contributed by atoms with Crippen LogP contribution in [0.2, 0.25) is 0 Å². The van der Waals surface area contributed by atoms with Crippen molar-refractivity contribution in [2.75, 3.05) is 0 Å². The maximum atomic E-state index is 9.88. The number of benzene rings is 9. The maximum Gasteiger partial charge on any atom is 0.136 e. The second-order valence-corrected chi connectivity index (χ2v) is 11.1. The van der Waals surface area contributed by atoms with E-state index in [2.05, 4.69) is 0 Å². The van der Waals surface area contributed by atoms with Crippen LogP contribution in [0.4, 0.5) is 0 Å². The topological polar surface area (TPSA) is 13.1 Å². The number of furan rings is 1. The van der Waals surface area contributed by atoms with E-state index in [1.54, 1.807) is 48.5 Å². The summed E-state index contributed by atoms with van der Waals surface area (Å²) in [6, 6.07) is -2.56. The van der Waals surface area contributed by atoms with Crippen LogP contribution in [0.15, 0.2) is 186 Å². The van der Waals surface area contributed by atoms with Crippen molar-refractivity contribution < 1.29 is 34.6 Å². The van der Waals surface area contributed by atoms with E-state index in [1.165, 1.54) is 0 Å². The van der Waals surface area contributed by atoms with Gasteiger partial charge in [0.1, 0.15) is 11.2 Å². The summed E-state index contributed by atoms with van der Waals surface area (Å²) in [6.07, 6.45) is 0. The molecule has 1 aromatic heterocycles. The Morgan fingerprint density at radius 3 is 1.37 bits per heavy atom. The van der Waals surface area contributed by atoms with E-state index in [0.717, 1.165) is 0 Å². The first kappa shape index (κ1) is 13.6. The largest absolute Gasteiger partial charge is 0.456 e. The Kier molecular flexibility index (Phi) is 3.07. The van der Waals surface area contributed by atoms with Crippen LogP contribution >= 0.6 is 0 Å². The molecule has 0 fully saturated rings. The monoisotopic (exact) mass is 644 g/mol. The molecular weight excluding hydrogens is 593 g/mol. The Balaban J connectivity index is 1.38. The van der Waals surface area contributed by atoms with E-state index in [9.17, 15) is 8.22 Å². The van der Waals surface area contributed by atoms with Gasteiger partial charge in [-0.15, -0.1) is 0 Å². The average Bonchev–Trinajstić information content (AvgIpc) is 3.77. The molecule has 9 aromatic carbocycles. The van der Waals surface area contributed by atoms with E-state index < -0.39 is 155 Å². The third-order valence-electron chi connectivity index (χ3n) is 8.32. The third kappa shape index (κ3) is 4.55. The van der Waals surface area contributed by atoms with Gasteiger partial charge in [0.2, 0.25) is 0 Å². The van der Waals surface area contributed by atoms with E-state index >= 15 is 0 Å². The fraction of sp³-hybridized carbons (Fsp3) is 0. The molecule has 1 heteroatoms. The number of hydrogen-bond donors (Lipinski definition) is 0. The maximum absolute atomic E-state index is 9.88.